The maximum Gasteiger partial charge on any atom is 0.168 e. The molecule has 0 spiro atoms. The predicted molar refractivity (Wildman–Crippen MR) is 88.1 cm³/mol. The topological polar surface area (TPSA) is 15.6 Å². The third-order valence-electron chi connectivity index (χ3n) is 4.18. The maximum atomic E-state index is 4.65. The summed E-state index contributed by atoms with van der Waals surface area (Å²) in [5.74, 6) is 0.794. The van der Waals surface area contributed by atoms with E-state index in [1.807, 2.05) is 23.1 Å². The van der Waals surface area contributed by atoms with Gasteiger partial charge in [0.1, 0.15) is 0 Å². The first-order valence-corrected chi connectivity index (χ1v) is 8.81. The number of hydrogen-bond acceptors (Lipinski definition) is 4. The van der Waals surface area contributed by atoms with Gasteiger partial charge in [-0.25, -0.2) is 0 Å². The number of nitrogens with zero attached hydrogens (tertiary/aromatic N) is 2. The maximum absolute atomic E-state index is 4.65. The zero-order valence-corrected chi connectivity index (χ0v) is 12.6. The molecule has 1 saturated carbocycles. The van der Waals surface area contributed by atoms with E-state index in [-0.39, 0.29) is 0 Å². The second-order valence-corrected chi connectivity index (χ2v) is 7.54. The first kappa shape index (κ1) is 11.4. The van der Waals surface area contributed by atoms with Crippen LogP contribution < -0.4 is 0 Å². The number of amidine groups is 1. The minimum atomic E-state index is 0.794. The largest absolute Gasteiger partial charge is 0.318 e. The van der Waals surface area contributed by atoms with Gasteiger partial charge in [0.15, 0.2) is 5.17 Å². The number of benzene rings is 1. The minimum Gasteiger partial charge on any atom is -0.318 e. The Labute approximate surface area is 126 Å². The normalized spacial score (nSPS) is 21.8. The molecule has 1 aromatic heterocycles. The van der Waals surface area contributed by atoms with Gasteiger partial charge in [0.05, 0.1) is 12.2 Å². The number of allylic oxidation sites excluding steroid dienone is 1. The summed E-state index contributed by atoms with van der Waals surface area (Å²) >= 11 is 3.75. The van der Waals surface area contributed by atoms with E-state index in [4.69, 9.17) is 0 Å². The zero-order chi connectivity index (χ0) is 13.1. The predicted octanol–water partition coefficient (Wildman–Crippen LogP) is 4.40. The number of rotatable bonds is 2. The third kappa shape index (κ3) is 1.61. The third-order valence-corrected chi connectivity index (χ3v) is 6.34. The van der Waals surface area contributed by atoms with Crippen LogP contribution in [0.3, 0.4) is 0 Å². The summed E-state index contributed by atoms with van der Waals surface area (Å²) in [6.07, 6.45) is 2.71. The molecule has 0 saturated heterocycles. The lowest BCUT2D eigenvalue weighted by atomic mass is 10.1. The molecule has 0 amide bonds. The van der Waals surface area contributed by atoms with Crippen LogP contribution in [-0.4, -0.2) is 23.2 Å². The summed E-state index contributed by atoms with van der Waals surface area (Å²) in [5.41, 5.74) is 2.82. The molecule has 0 radical (unpaired) electrons. The second-order valence-electron chi connectivity index (χ2n) is 5.58. The van der Waals surface area contributed by atoms with Gasteiger partial charge in [0, 0.05) is 21.7 Å². The molecule has 2 aromatic rings. The van der Waals surface area contributed by atoms with Crippen LogP contribution in [-0.2, 0) is 0 Å². The average Bonchev–Trinajstić information content (AvgIpc) is 2.89. The van der Waals surface area contributed by atoms with E-state index < -0.39 is 0 Å². The van der Waals surface area contributed by atoms with E-state index in [1.54, 1.807) is 4.91 Å². The van der Waals surface area contributed by atoms with Gasteiger partial charge in [-0.2, -0.15) is 0 Å². The van der Waals surface area contributed by atoms with Crippen molar-refractivity contribution in [3.8, 4) is 0 Å². The molecule has 5 rings (SSSR count). The van der Waals surface area contributed by atoms with Crippen molar-refractivity contribution in [3.63, 3.8) is 0 Å². The van der Waals surface area contributed by atoms with Crippen LogP contribution in [0.25, 0.3) is 15.8 Å². The van der Waals surface area contributed by atoms with Crippen molar-refractivity contribution in [3.05, 3.63) is 40.1 Å². The van der Waals surface area contributed by atoms with Crippen LogP contribution in [0.15, 0.2) is 39.5 Å². The highest BCUT2D eigenvalue weighted by Crippen LogP contribution is 2.52. The van der Waals surface area contributed by atoms with Gasteiger partial charge in [-0.05, 0) is 41.7 Å². The molecule has 4 heteroatoms. The molecule has 0 bridgehead atoms. The Morgan fingerprint density at radius 2 is 2.15 bits per heavy atom. The molecule has 100 valence electrons. The quantitative estimate of drug-likeness (QED) is 0.816. The Morgan fingerprint density at radius 1 is 1.20 bits per heavy atom. The molecule has 1 aromatic carbocycles. The molecule has 3 aliphatic rings. The first-order valence-electron chi connectivity index (χ1n) is 7.12. The molecule has 20 heavy (non-hydrogen) atoms. The Kier molecular flexibility index (Phi) is 2.35. The number of fused-ring (bicyclic) bond motifs is 2. The van der Waals surface area contributed by atoms with Gasteiger partial charge in [0.2, 0.25) is 0 Å². The van der Waals surface area contributed by atoms with Gasteiger partial charge < -0.3 is 4.90 Å². The monoisotopic (exact) mass is 298 g/mol. The number of thiophene rings is 1. The molecule has 0 atom stereocenters. The minimum absolute atomic E-state index is 0.794. The number of hydrogen-bond donors (Lipinski definition) is 0. The second kappa shape index (κ2) is 4.12. The summed E-state index contributed by atoms with van der Waals surface area (Å²) < 4.78 is 1.39. The van der Waals surface area contributed by atoms with E-state index in [0.29, 0.717) is 0 Å². The van der Waals surface area contributed by atoms with Crippen LogP contribution >= 0.6 is 23.1 Å². The molecule has 1 aliphatic carbocycles. The molecule has 1 fully saturated rings. The number of aliphatic imine (C=N–C) groups is 1. The Morgan fingerprint density at radius 3 is 3.05 bits per heavy atom. The lowest BCUT2D eigenvalue weighted by molar-refractivity contribution is 0.645. The first-order chi connectivity index (χ1) is 9.90. The molecule has 0 unspecified atom stereocenters. The highest BCUT2D eigenvalue weighted by Gasteiger charge is 2.40. The van der Waals surface area contributed by atoms with Crippen molar-refractivity contribution >= 4 is 44.0 Å². The molecule has 2 nitrogen and oxygen atoms in total. The summed E-state index contributed by atoms with van der Waals surface area (Å²) in [7, 11) is 0. The van der Waals surface area contributed by atoms with E-state index >= 15 is 0 Å². The van der Waals surface area contributed by atoms with Crippen LogP contribution in [0.2, 0.25) is 0 Å². The standard InChI is InChI=1S/C16H14N2S2/c1-4-12(9-13-10(1)5-8-19-13)14-15(11-2-3-11)20-16-17-6-7-18(14)16/h1,4-5,8-9,11H,2-3,6-7H2. The molecular formula is C16H14N2S2. The molecule has 2 aliphatic heterocycles. The summed E-state index contributed by atoms with van der Waals surface area (Å²) in [5, 5.41) is 4.76. The van der Waals surface area contributed by atoms with Crippen LogP contribution in [0.5, 0.6) is 0 Å². The van der Waals surface area contributed by atoms with E-state index in [9.17, 15) is 0 Å². The molecular weight excluding hydrogens is 284 g/mol. The van der Waals surface area contributed by atoms with E-state index in [2.05, 4.69) is 39.5 Å². The molecule has 0 N–H and O–H groups in total. The fraction of sp³-hybridized carbons (Fsp3) is 0.312. The lowest BCUT2D eigenvalue weighted by Gasteiger charge is -2.17. The van der Waals surface area contributed by atoms with Gasteiger partial charge in [-0.15, -0.1) is 11.3 Å². The van der Waals surface area contributed by atoms with Crippen LogP contribution in [0, 0.1) is 5.92 Å². The SMILES string of the molecule is c1cc2ccc(C3=C(C4CC4)SC4=NCCN43)cc2s1. The van der Waals surface area contributed by atoms with Crippen LogP contribution in [0.1, 0.15) is 18.4 Å². The van der Waals surface area contributed by atoms with Crippen molar-refractivity contribution < 1.29 is 0 Å². The van der Waals surface area contributed by atoms with Crippen molar-refractivity contribution in [2.45, 2.75) is 12.8 Å². The van der Waals surface area contributed by atoms with Gasteiger partial charge in [0.25, 0.3) is 0 Å². The van der Waals surface area contributed by atoms with Gasteiger partial charge in [-0.1, -0.05) is 23.9 Å². The zero-order valence-electron chi connectivity index (χ0n) is 11.0. The summed E-state index contributed by atoms with van der Waals surface area (Å²) in [6, 6.07) is 9.11. The summed E-state index contributed by atoms with van der Waals surface area (Å²) in [4.78, 5) is 8.66. The molecule has 3 heterocycles. The highest BCUT2D eigenvalue weighted by atomic mass is 32.2. The number of thioether (sulfide) groups is 1. The Bertz CT molecular complexity index is 768. The fourth-order valence-electron chi connectivity index (χ4n) is 3.02. The van der Waals surface area contributed by atoms with Crippen molar-refractivity contribution in [1.29, 1.82) is 0 Å². The van der Waals surface area contributed by atoms with Gasteiger partial charge in [-0.3, -0.25) is 4.99 Å². The van der Waals surface area contributed by atoms with Gasteiger partial charge >= 0.3 is 0 Å². The Balaban J connectivity index is 1.69. The van der Waals surface area contributed by atoms with Crippen molar-refractivity contribution in [1.82, 2.24) is 4.90 Å². The highest BCUT2D eigenvalue weighted by molar-refractivity contribution is 8.17. The van der Waals surface area contributed by atoms with E-state index in [0.717, 1.165) is 19.0 Å². The Hall–Kier alpha value is -1.26. The van der Waals surface area contributed by atoms with Crippen molar-refractivity contribution in [2.24, 2.45) is 10.9 Å². The summed E-state index contributed by atoms with van der Waals surface area (Å²) in [6.45, 7) is 2.00. The van der Waals surface area contributed by atoms with Crippen LogP contribution in [0.4, 0.5) is 0 Å². The fourth-order valence-corrected chi connectivity index (χ4v) is 5.22. The lowest BCUT2D eigenvalue weighted by Crippen LogP contribution is -2.20. The van der Waals surface area contributed by atoms with E-state index in [1.165, 1.54) is 39.4 Å². The smallest absolute Gasteiger partial charge is 0.168 e. The average molecular weight is 298 g/mol. The van der Waals surface area contributed by atoms with Crippen molar-refractivity contribution in [2.75, 3.05) is 13.1 Å².